The highest BCUT2D eigenvalue weighted by atomic mass is 32.2. The highest BCUT2D eigenvalue weighted by molar-refractivity contribution is 7.99. The van der Waals surface area contributed by atoms with Crippen molar-refractivity contribution in [2.24, 2.45) is 0 Å². The van der Waals surface area contributed by atoms with Gasteiger partial charge in [-0.25, -0.2) is 9.97 Å². The van der Waals surface area contributed by atoms with Crippen molar-refractivity contribution in [3.63, 3.8) is 0 Å². The van der Waals surface area contributed by atoms with Gasteiger partial charge in [0.25, 0.3) is 0 Å². The molecular weight excluding hydrogens is 567 g/mol. The van der Waals surface area contributed by atoms with E-state index in [9.17, 15) is 0 Å². The van der Waals surface area contributed by atoms with Gasteiger partial charge < -0.3 is 0 Å². The van der Waals surface area contributed by atoms with Crippen molar-refractivity contribution in [1.29, 1.82) is 0 Å². The second-order valence-corrected chi connectivity index (χ2v) is 13.3. The van der Waals surface area contributed by atoms with Gasteiger partial charge >= 0.3 is 0 Å². The van der Waals surface area contributed by atoms with E-state index < -0.39 is 0 Å². The molecule has 0 amide bonds. The number of nitrogens with zero attached hydrogens (tertiary/aromatic N) is 3. The van der Waals surface area contributed by atoms with Gasteiger partial charge in [-0.2, -0.15) is 0 Å². The van der Waals surface area contributed by atoms with E-state index in [-0.39, 0.29) is 5.41 Å². The van der Waals surface area contributed by atoms with E-state index in [2.05, 4.69) is 146 Å². The van der Waals surface area contributed by atoms with Gasteiger partial charge in [-0.3, -0.25) is 4.57 Å². The van der Waals surface area contributed by atoms with Crippen molar-refractivity contribution in [2.45, 2.75) is 29.1 Å². The zero-order valence-electron chi connectivity index (χ0n) is 25.0. The van der Waals surface area contributed by atoms with Crippen molar-refractivity contribution in [3.8, 4) is 28.5 Å². The second kappa shape index (κ2) is 9.91. The third kappa shape index (κ3) is 3.92. The van der Waals surface area contributed by atoms with Gasteiger partial charge in [0, 0.05) is 37.1 Å². The van der Waals surface area contributed by atoms with Crippen LogP contribution in [0.1, 0.15) is 25.0 Å². The minimum Gasteiger partial charge on any atom is -0.277 e. The Morgan fingerprint density at radius 3 is 1.82 bits per heavy atom. The molecule has 0 N–H and O–H groups in total. The molecule has 0 spiro atoms. The van der Waals surface area contributed by atoms with Crippen LogP contribution in [-0.2, 0) is 5.41 Å². The monoisotopic (exact) mass is 595 g/mol. The lowest BCUT2D eigenvalue weighted by Gasteiger charge is -2.36. The number of hydrogen-bond donors (Lipinski definition) is 0. The number of para-hydroxylation sites is 1. The Morgan fingerprint density at radius 1 is 0.578 bits per heavy atom. The molecule has 0 atom stereocenters. The lowest BCUT2D eigenvalue weighted by molar-refractivity contribution is 0.615. The van der Waals surface area contributed by atoms with Crippen molar-refractivity contribution in [3.05, 3.63) is 151 Å². The number of aromatic nitrogens is 3. The van der Waals surface area contributed by atoms with Gasteiger partial charge in [0.2, 0.25) is 5.95 Å². The first-order valence-corrected chi connectivity index (χ1v) is 16.2. The van der Waals surface area contributed by atoms with E-state index in [1.165, 1.54) is 48.0 Å². The lowest BCUT2D eigenvalue weighted by atomic mass is 9.75. The van der Waals surface area contributed by atoms with Crippen LogP contribution >= 0.6 is 11.8 Å². The van der Waals surface area contributed by atoms with E-state index in [1.54, 1.807) is 0 Å². The zero-order chi connectivity index (χ0) is 30.1. The summed E-state index contributed by atoms with van der Waals surface area (Å²) in [6.07, 6.45) is 0. The average Bonchev–Trinajstić information content (AvgIpc) is 3.45. The summed E-state index contributed by atoms with van der Waals surface area (Å²) >= 11 is 1.88. The average molecular weight is 596 g/mol. The third-order valence-electron chi connectivity index (χ3n) is 9.23. The molecule has 0 bridgehead atoms. The molecule has 6 aromatic carbocycles. The van der Waals surface area contributed by atoms with Crippen molar-refractivity contribution in [2.75, 3.05) is 0 Å². The predicted octanol–water partition coefficient (Wildman–Crippen LogP) is 10.9. The van der Waals surface area contributed by atoms with Crippen molar-refractivity contribution >= 4 is 44.3 Å². The molecule has 0 fully saturated rings. The Balaban J connectivity index is 1.47. The van der Waals surface area contributed by atoms with E-state index in [4.69, 9.17) is 9.97 Å². The predicted molar refractivity (Wildman–Crippen MR) is 187 cm³/mol. The van der Waals surface area contributed by atoms with Crippen LogP contribution in [-0.4, -0.2) is 14.5 Å². The molecule has 0 saturated carbocycles. The molecule has 2 aromatic heterocycles. The van der Waals surface area contributed by atoms with E-state index >= 15 is 0 Å². The first-order chi connectivity index (χ1) is 22.1. The Morgan fingerprint density at radius 2 is 1.13 bits per heavy atom. The molecule has 3 nitrogen and oxygen atoms in total. The second-order valence-electron chi connectivity index (χ2n) is 12.2. The standard InChI is InChI=1S/C41H29N3S/c1-41(2)31-22-12-14-24-35(31)45-39-37(41)29-20-10-9-19-28(29)36-30-21-11-13-23-34(30)44(38(36)39)40-42-32(26-15-5-3-6-16-26)25-33(43-40)27-17-7-4-8-18-27/h3-25H,1-2H3. The molecule has 45 heavy (non-hydrogen) atoms. The van der Waals surface area contributed by atoms with E-state index in [0.717, 1.165) is 28.0 Å². The maximum absolute atomic E-state index is 5.32. The number of fused-ring (bicyclic) bond motifs is 9. The number of benzene rings is 6. The summed E-state index contributed by atoms with van der Waals surface area (Å²) in [5.74, 6) is 0.677. The van der Waals surface area contributed by atoms with Crippen LogP contribution < -0.4 is 0 Å². The van der Waals surface area contributed by atoms with Gasteiger partial charge in [0.15, 0.2) is 0 Å². The Bertz CT molecular complexity index is 2370. The summed E-state index contributed by atoms with van der Waals surface area (Å²) in [7, 11) is 0. The lowest BCUT2D eigenvalue weighted by Crippen LogP contribution is -2.24. The van der Waals surface area contributed by atoms with Gasteiger partial charge in [0.05, 0.1) is 22.4 Å². The summed E-state index contributed by atoms with van der Waals surface area (Å²) in [5.41, 5.74) is 8.73. The van der Waals surface area contributed by atoms with Gasteiger partial charge in [-0.1, -0.05) is 147 Å². The summed E-state index contributed by atoms with van der Waals surface area (Å²) in [5, 5.41) is 5.02. The third-order valence-corrected chi connectivity index (χ3v) is 10.4. The Kier molecular flexibility index (Phi) is 5.78. The fourth-order valence-electron chi connectivity index (χ4n) is 7.18. The van der Waals surface area contributed by atoms with Crippen LogP contribution in [0.2, 0.25) is 0 Å². The van der Waals surface area contributed by atoms with Crippen molar-refractivity contribution < 1.29 is 0 Å². The highest BCUT2D eigenvalue weighted by Crippen LogP contribution is 2.55. The van der Waals surface area contributed by atoms with Gasteiger partial charge in [-0.05, 0) is 40.1 Å². The molecule has 9 rings (SSSR count). The molecular formula is C41H29N3S. The molecule has 4 heteroatoms. The molecule has 0 aliphatic carbocycles. The topological polar surface area (TPSA) is 30.7 Å². The Labute approximate surface area is 266 Å². The molecule has 0 saturated heterocycles. The summed E-state index contributed by atoms with van der Waals surface area (Å²) < 4.78 is 2.33. The summed E-state index contributed by atoms with van der Waals surface area (Å²) in [4.78, 5) is 13.2. The Hall–Kier alpha value is -5.19. The smallest absolute Gasteiger partial charge is 0.235 e. The first-order valence-electron chi connectivity index (χ1n) is 15.4. The first kappa shape index (κ1) is 26.2. The number of rotatable bonds is 3. The molecule has 1 aliphatic rings. The fraction of sp³-hybridized carbons (Fsp3) is 0.0732. The maximum atomic E-state index is 5.32. The normalized spacial score (nSPS) is 13.6. The molecule has 1 aliphatic heterocycles. The maximum Gasteiger partial charge on any atom is 0.235 e. The minimum atomic E-state index is -0.200. The van der Waals surface area contributed by atoms with E-state index in [1.807, 2.05) is 23.9 Å². The van der Waals surface area contributed by atoms with Crippen LogP contribution in [0, 0.1) is 0 Å². The summed E-state index contributed by atoms with van der Waals surface area (Å²) in [6, 6.07) is 49.5. The largest absolute Gasteiger partial charge is 0.277 e. The van der Waals surface area contributed by atoms with Crippen molar-refractivity contribution in [1.82, 2.24) is 14.5 Å². The quantitative estimate of drug-likeness (QED) is 0.204. The molecule has 3 heterocycles. The van der Waals surface area contributed by atoms with Crippen LogP contribution in [0.25, 0.3) is 61.0 Å². The summed E-state index contributed by atoms with van der Waals surface area (Å²) in [6.45, 7) is 4.74. The highest BCUT2D eigenvalue weighted by Gasteiger charge is 2.37. The molecule has 8 aromatic rings. The van der Waals surface area contributed by atoms with Gasteiger partial charge in [-0.15, -0.1) is 0 Å². The zero-order valence-corrected chi connectivity index (χ0v) is 25.8. The van der Waals surface area contributed by atoms with Crippen LogP contribution in [0.5, 0.6) is 0 Å². The molecule has 0 unspecified atom stereocenters. The van der Waals surface area contributed by atoms with E-state index in [0.29, 0.717) is 5.95 Å². The SMILES string of the molecule is CC1(C)c2ccccc2Sc2c1c1ccccc1c1c3ccccc3n(-c3nc(-c4ccccc4)cc(-c4ccccc4)n3)c21. The van der Waals surface area contributed by atoms with Crippen LogP contribution in [0.15, 0.2) is 149 Å². The minimum absolute atomic E-state index is 0.200. The number of hydrogen-bond acceptors (Lipinski definition) is 3. The molecule has 214 valence electrons. The van der Waals surface area contributed by atoms with Gasteiger partial charge in [0.1, 0.15) is 0 Å². The van der Waals surface area contributed by atoms with Crippen LogP contribution in [0.3, 0.4) is 0 Å². The fourth-order valence-corrected chi connectivity index (χ4v) is 8.74. The van der Waals surface area contributed by atoms with Crippen LogP contribution in [0.4, 0.5) is 0 Å². The molecule has 0 radical (unpaired) electrons.